The van der Waals surface area contributed by atoms with Gasteiger partial charge in [0.25, 0.3) is 11.8 Å². The molecule has 0 radical (unpaired) electrons. The van der Waals surface area contributed by atoms with Crippen LogP contribution in [0.4, 0.5) is 10.5 Å². The summed E-state index contributed by atoms with van der Waals surface area (Å²) in [5, 5.41) is 2.60. The van der Waals surface area contributed by atoms with E-state index in [1.807, 2.05) is 6.92 Å². The molecule has 3 amide bonds. The van der Waals surface area contributed by atoms with Gasteiger partial charge in [0, 0.05) is 5.56 Å². The monoisotopic (exact) mass is 636 g/mol. The standard InChI is InChI=1S/C36H48N2O8/c1-4-6-8-9-10-11-12-13-14-18-24-45-35(42)27-22-23-29(44-3)28(25-27)37-33(40)31(32(39)26-19-16-15-17-20-26)38-34(41)30(21-7-5-2)46-36(38)43/h15-17,19-20,22-23,25,30-31H,4-14,18,21,24H2,1-3H3,(H,37,40). The van der Waals surface area contributed by atoms with Gasteiger partial charge < -0.3 is 19.5 Å². The fraction of sp³-hybridized carbons (Fsp3) is 0.528. The first kappa shape index (κ1) is 36.3. The molecule has 0 aromatic heterocycles. The molecule has 10 nitrogen and oxygen atoms in total. The number of benzene rings is 2. The van der Waals surface area contributed by atoms with Crippen LogP contribution < -0.4 is 10.1 Å². The molecule has 1 heterocycles. The van der Waals surface area contributed by atoms with Crippen LogP contribution in [-0.2, 0) is 19.1 Å². The number of amides is 3. The van der Waals surface area contributed by atoms with Crippen molar-refractivity contribution < 1.29 is 38.2 Å². The summed E-state index contributed by atoms with van der Waals surface area (Å²) in [6.07, 6.45) is 11.2. The molecular weight excluding hydrogens is 588 g/mol. The van der Waals surface area contributed by atoms with Crippen LogP contribution >= 0.6 is 0 Å². The number of ketones is 1. The number of carbonyl (C=O) groups excluding carboxylic acids is 5. The van der Waals surface area contributed by atoms with E-state index in [1.165, 1.54) is 82.4 Å². The van der Waals surface area contributed by atoms with Gasteiger partial charge in [0.15, 0.2) is 17.9 Å². The molecule has 1 fully saturated rings. The number of cyclic esters (lactones) is 1. The Labute approximate surface area is 272 Å². The minimum atomic E-state index is -1.84. The topological polar surface area (TPSA) is 128 Å². The summed E-state index contributed by atoms with van der Waals surface area (Å²) in [5.41, 5.74) is 0.385. The summed E-state index contributed by atoms with van der Waals surface area (Å²) in [4.78, 5) is 66.9. The Morgan fingerprint density at radius 3 is 2.09 bits per heavy atom. The van der Waals surface area contributed by atoms with Crippen LogP contribution in [0.2, 0.25) is 0 Å². The van der Waals surface area contributed by atoms with Crippen molar-refractivity contribution in [2.45, 2.75) is 109 Å². The second-order valence-electron chi connectivity index (χ2n) is 11.6. The molecule has 250 valence electrons. The van der Waals surface area contributed by atoms with E-state index in [-0.39, 0.29) is 35.6 Å². The molecule has 0 aliphatic carbocycles. The third-order valence-corrected chi connectivity index (χ3v) is 8.01. The summed E-state index contributed by atoms with van der Waals surface area (Å²) in [6.45, 7) is 4.42. The number of carbonyl (C=O) groups is 5. The molecule has 2 atom stereocenters. The van der Waals surface area contributed by atoms with Crippen LogP contribution in [0, 0.1) is 0 Å². The number of methoxy groups -OCH3 is 1. The van der Waals surface area contributed by atoms with Gasteiger partial charge in [-0.05, 0) is 37.5 Å². The van der Waals surface area contributed by atoms with Gasteiger partial charge in [-0.15, -0.1) is 0 Å². The molecule has 0 saturated carbocycles. The third-order valence-electron chi connectivity index (χ3n) is 8.01. The quantitative estimate of drug-likeness (QED) is 0.0646. The van der Waals surface area contributed by atoms with Gasteiger partial charge in [0.1, 0.15) is 5.75 Å². The number of hydrogen-bond acceptors (Lipinski definition) is 8. The van der Waals surface area contributed by atoms with E-state index in [2.05, 4.69) is 12.2 Å². The van der Waals surface area contributed by atoms with Gasteiger partial charge in [-0.3, -0.25) is 14.4 Å². The van der Waals surface area contributed by atoms with Crippen molar-refractivity contribution in [2.24, 2.45) is 0 Å². The summed E-state index contributed by atoms with van der Waals surface area (Å²) in [6, 6.07) is 10.5. The van der Waals surface area contributed by atoms with Gasteiger partial charge in [0.2, 0.25) is 0 Å². The smallest absolute Gasteiger partial charge is 0.418 e. The number of Topliss-reactive ketones (excluding diaryl/α,β-unsaturated/α-hetero) is 1. The zero-order valence-corrected chi connectivity index (χ0v) is 27.4. The predicted molar refractivity (Wildman–Crippen MR) is 175 cm³/mol. The van der Waals surface area contributed by atoms with E-state index in [1.54, 1.807) is 18.2 Å². The van der Waals surface area contributed by atoms with Gasteiger partial charge in [-0.25, -0.2) is 14.5 Å². The lowest BCUT2D eigenvalue weighted by Crippen LogP contribution is -2.52. The van der Waals surface area contributed by atoms with Crippen LogP contribution in [-0.4, -0.2) is 60.4 Å². The van der Waals surface area contributed by atoms with Crippen molar-refractivity contribution in [3.05, 3.63) is 59.7 Å². The van der Waals surface area contributed by atoms with E-state index in [4.69, 9.17) is 14.2 Å². The SMILES string of the molecule is CCCCCCCCCCCCOC(=O)c1ccc(OC)c(NC(=O)C(C(=O)c2ccccc2)N2C(=O)OC(CCCC)C2=O)c1. The summed E-state index contributed by atoms with van der Waals surface area (Å²) < 4.78 is 16.1. The Kier molecular flexibility index (Phi) is 15.2. The summed E-state index contributed by atoms with van der Waals surface area (Å²) in [5.74, 6) is -2.82. The number of rotatable bonds is 21. The van der Waals surface area contributed by atoms with E-state index in [0.717, 1.165) is 25.7 Å². The number of nitrogens with one attached hydrogen (secondary N) is 1. The molecule has 2 aromatic rings. The maximum absolute atomic E-state index is 13.8. The first-order valence-electron chi connectivity index (χ1n) is 16.6. The van der Waals surface area contributed by atoms with Crippen LogP contribution in [0.1, 0.15) is 118 Å². The number of nitrogens with zero attached hydrogens (tertiary/aromatic N) is 1. The van der Waals surface area contributed by atoms with Crippen molar-refractivity contribution in [3.63, 3.8) is 0 Å². The Morgan fingerprint density at radius 1 is 0.826 bits per heavy atom. The van der Waals surface area contributed by atoms with Crippen molar-refractivity contribution in [1.82, 2.24) is 4.90 Å². The number of esters is 1. The molecule has 1 N–H and O–H groups in total. The average Bonchev–Trinajstić information content (AvgIpc) is 3.34. The average molecular weight is 637 g/mol. The lowest BCUT2D eigenvalue weighted by molar-refractivity contribution is -0.134. The van der Waals surface area contributed by atoms with Crippen molar-refractivity contribution in [3.8, 4) is 5.75 Å². The molecule has 3 rings (SSSR count). The molecule has 46 heavy (non-hydrogen) atoms. The maximum atomic E-state index is 13.8. The second kappa shape index (κ2) is 19.3. The Hall–Kier alpha value is -4.21. The lowest BCUT2D eigenvalue weighted by Gasteiger charge is -2.23. The lowest BCUT2D eigenvalue weighted by atomic mass is 10.0. The zero-order chi connectivity index (χ0) is 33.3. The molecule has 2 unspecified atom stereocenters. The van der Waals surface area contributed by atoms with Crippen molar-refractivity contribution >= 4 is 35.3 Å². The fourth-order valence-electron chi connectivity index (χ4n) is 5.36. The van der Waals surface area contributed by atoms with Gasteiger partial charge in [-0.1, -0.05) is 108 Å². The van der Waals surface area contributed by atoms with Crippen LogP contribution in [0.3, 0.4) is 0 Å². The molecular formula is C36H48N2O8. The molecule has 0 bridgehead atoms. The largest absolute Gasteiger partial charge is 0.495 e. The third kappa shape index (κ3) is 10.4. The van der Waals surface area contributed by atoms with E-state index in [0.29, 0.717) is 11.3 Å². The maximum Gasteiger partial charge on any atom is 0.418 e. The number of unbranched alkanes of at least 4 members (excludes halogenated alkanes) is 10. The highest BCUT2D eigenvalue weighted by atomic mass is 16.6. The normalized spacial score (nSPS) is 14.9. The predicted octanol–water partition coefficient (Wildman–Crippen LogP) is 7.50. The van der Waals surface area contributed by atoms with Crippen LogP contribution in [0.15, 0.2) is 48.5 Å². The number of hydrogen-bond donors (Lipinski definition) is 1. The number of anilines is 1. The van der Waals surface area contributed by atoms with Crippen LogP contribution in [0.25, 0.3) is 0 Å². The summed E-state index contributed by atoms with van der Waals surface area (Å²) in [7, 11) is 1.39. The van der Waals surface area contributed by atoms with E-state index in [9.17, 15) is 24.0 Å². The number of ether oxygens (including phenoxy) is 3. The summed E-state index contributed by atoms with van der Waals surface area (Å²) >= 11 is 0. The van der Waals surface area contributed by atoms with E-state index >= 15 is 0 Å². The highest BCUT2D eigenvalue weighted by molar-refractivity contribution is 6.21. The Bertz CT molecular complexity index is 1310. The minimum Gasteiger partial charge on any atom is -0.495 e. The van der Waals surface area contributed by atoms with Crippen molar-refractivity contribution in [1.29, 1.82) is 0 Å². The van der Waals surface area contributed by atoms with Gasteiger partial charge in [-0.2, -0.15) is 0 Å². The first-order valence-corrected chi connectivity index (χ1v) is 16.6. The molecule has 1 saturated heterocycles. The Balaban J connectivity index is 1.67. The minimum absolute atomic E-state index is 0.0781. The highest BCUT2D eigenvalue weighted by Crippen LogP contribution is 2.28. The Morgan fingerprint density at radius 2 is 1.46 bits per heavy atom. The number of imide groups is 1. The molecule has 1 aliphatic heterocycles. The zero-order valence-electron chi connectivity index (χ0n) is 27.4. The highest BCUT2D eigenvalue weighted by Gasteiger charge is 2.49. The molecule has 1 aliphatic rings. The van der Waals surface area contributed by atoms with Crippen molar-refractivity contribution in [2.75, 3.05) is 19.0 Å². The molecule has 10 heteroatoms. The fourth-order valence-corrected chi connectivity index (χ4v) is 5.36. The second-order valence-corrected chi connectivity index (χ2v) is 11.6. The van der Waals surface area contributed by atoms with Gasteiger partial charge >= 0.3 is 12.1 Å². The molecule has 0 spiro atoms. The van der Waals surface area contributed by atoms with E-state index < -0.39 is 41.8 Å². The van der Waals surface area contributed by atoms with Gasteiger partial charge in [0.05, 0.1) is 25.0 Å². The first-order chi connectivity index (χ1) is 22.3. The molecule has 2 aromatic carbocycles. The van der Waals surface area contributed by atoms with Crippen LogP contribution in [0.5, 0.6) is 5.75 Å².